The predicted octanol–water partition coefficient (Wildman–Crippen LogP) is 1.17. The molecule has 0 saturated carbocycles. The van der Waals surface area contributed by atoms with Crippen molar-refractivity contribution >= 4 is 28.2 Å². The van der Waals surface area contributed by atoms with Gasteiger partial charge in [0.2, 0.25) is 0 Å². The largest absolute Gasteiger partial charge is 0.314 e. The monoisotopic (exact) mass is 402 g/mol. The predicted molar refractivity (Wildman–Crippen MR) is 116 cm³/mol. The van der Waals surface area contributed by atoms with Gasteiger partial charge in [-0.15, -0.1) is 0 Å². The van der Waals surface area contributed by atoms with Gasteiger partial charge in [-0.05, 0) is 25.1 Å². The quantitative estimate of drug-likeness (QED) is 0.711. The summed E-state index contributed by atoms with van der Waals surface area (Å²) in [6.45, 7) is 5.79. The Kier molecular flexibility index (Phi) is 4.65. The number of anilines is 1. The first-order valence-corrected chi connectivity index (χ1v) is 10.1. The van der Waals surface area contributed by atoms with Crippen molar-refractivity contribution < 1.29 is 4.79 Å². The molecule has 3 aromatic rings. The van der Waals surface area contributed by atoms with E-state index >= 15 is 0 Å². The Morgan fingerprint density at radius 3 is 2.60 bits per heavy atom. The molecule has 0 aliphatic carbocycles. The normalized spacial score (nSPS) is 18.4. The SMILES string of the molecule is Cc1nc2ccccc2c(=O)n1/N=C1/C(=O)N(CN2CCNCC2)c2ccccc21. The van der Waals surface area contributed by atoms with E-state index in [9.17, 15) is 9.59 Å². The number of carbonyl (C=O) groups is 1. The number of nitrogens with one attached hydrogen (secondary N) is 1. The number of aryl methyl sites for hydroxylation is 1. The van der Waals surface area contributed by atoms with Gasteiger partial charge < -0.3 is 5.32 Å². The molecule has 1 saturated heterocycles. The van der Waals surface area contributed by atoms with Crippen LogP contribution in [0.25, 0.3) is 10.9 Å². The maximum absolute atomic E-state index is 13.3. The van der Waals surface area contributed by atoms with Gasteiger partial charge in [0.15, 0.2) is 5.71 Å². The first-order valence-electron chi connectivity index (χ1n) is 10.1. The highest BCUT2D eigenvalue weighted by atomic mass is 16.2. The van der Waals surface area contributed by atoms with Crippen molar-refractivity contribution in [1.82, 2.24) is 19.9 Å². The van der Waals surface area contributed by atoms with E-state index in [1.54, 1.807) is 30.0 Å². The summed E-state index contributed by atoms with van der Waals surface area (Å²) in [5.41, 5.74) is 2.16. The molecule has 3 heterocycles. The highest BCUT2D eigenvalue weighted by Crippen LogP contribution is 2.29. The summed E-state index contributed by atoms with van der Waals surface area (Å²) in [6, 6.07) is 14.7. The zero-order valence-corrected chi connectivity index (χ0v) is 16.7. The van der Waals surface area contributed by atoms with Gasteiger partial charge in [0.25, 0.3) is 11.5 Å². The van der Waals surface area contributed by atoms with Gasteiger partial charge in [-0.25, -0.2) is 4.98 Å². The van der Waals surface area contributed by atoms with Crippen molar-refractivity contribution in [3.8, 4) is 0 Å². The molecule has 0 atom stereocenters. The van der Waals surface area contributed by atoms with Crippen molar-refractivity contribution in [2.45, 2.75) is 6.92 Å². The van der Waals surface area contributed by atoms with Crippen LogP contribution in [0.4, 0.5) is 5.69 Å². The molecule has 1 aromatic heterocycles. The number of para-hydroxylation sites is 2. The van der Waals surface area contributed by atoms with Crippen LogP contribution in [0.1, 0.15) is 11.4 Å². The fourth-order valence-corrected chi connectivity index (χ4v) is 4.00. The lowest BCUT2D eigenvalue weighted by Gasteiger charge is -2.31. The molecule has 0 radical (unpaired) electrons. The molecule has 8 nitrogen and oxygen atoms in total. The number of hydrogen-bond donors (Lipinski definition) is 1. The first-order chi connectivity index (χ1) is 14.6. The van der Waals surface area contributed by atoms with Gasteiger partial charge in [0.05, 0.1) is 23.3 Å². The molecular weight excluding hydrogens is 380 g/mol. The zero-order chi connectivity index (χ0) is 20.7. The average molecular weight is 402 g/mol. The number of rotatable bonds is 3. The van der Waals surface area contributed by atoms with Crippen LogP contribution in [0, 0.1) is 6.92 Å². The summed E-state index contributed by atoms with van der Waals surface area (Å²) < 4.78 is 1.24. The summed E-state index contributed by atoms with van der Waals surface area (Å²) in [5, 5.41) is 8.31. The van der Waals surface area contributed by atoms with Crippen LogP contribution in [-0.4, -0.2) is 59.0 Å². The second-order valence-electron chi connectivity index (χ2n) is 7.50. The Morgan fingerprint density at radius 1 is 1.03 bits per heavy atom. The second kappa shape index (κ2) is 7.47. The third kappa shape index (κ3) is 3.10. The fourth-order valence-electron chi connectivity index (χ4n) is 4.00. The summed E-state index contributed by atoms with van der Waals surface area (Å²) in [4.78, 5) is 34.8. The summed E-state index contributed by atoms with van der Waals surface area (Å²) >= 11 is 0. The lowest BCUT2D eigenvalue weighted by Crippen LogP contribution is -2.49. The number of aromatic nitrogens is 2. The smallest absolute Gasteiger partial charge is 0.282 e. The Bertz CT molecular complexity index is 1230. The average Bonchev–Trinajstić information content (AvgIpc) is 3.03. The molecule has 5 rings (SSSR count). The molecule has 152 valence electrons. The highest BCUT2D eigenvalue weighted by Gasteiger charge is 2.35. The van der Waals surface area contributed by atoms with E-state index in [-0.39, 0.29) is 17.2 Å². The molecule has 1 fully saturated rings. The van der Waals surface area contributed by atoms with Gasteiger partial charge in [-0.3, -0.25) is 19.4 Å². The highest BCUT2D eigenvalue weighted by molar-refractivity contribution is 6.54. The molecule has 30 heavy (non-hydrogen) atoms. The van der Waals surface area contributed by atoms with Crippen molar-refractivity contribution in [3.63, 3.8) is 0 Å². The van der Waals surface area contributed by atoms with Crippen LogP contribution in [0.2, 0.25) is 0 Å². The molecule has 2 aliphatic heterocycles. The second-order valence-corrected chi connectivity index (χ2v) is 7.50. The maximum Gasteiger partial charge on any atom is 0.282 e. The number of carbonyl (C=O) groups excluding carboxylic acids is 1. The maximum atomic E-state index is 13.3. The van der Waals surface area contributed by atoms with Crippen LogP contribution in [0.5, 0.6) is 0 Å². The van der Waals surface area contributed by atoms with Crippen molar-refractivity contribution in [2.24, 2.45) is 5.10 Å². The van der Waals surface area contributed by atoms with Crippen molar-refractivity contribution in [3.05, 3.63) is 70.3 Å². The topological polar surface area (TPSA) is 82.8 Å². The van der Waals surface area contributed by atoms with Gasteiger partial charge in [0, 0.05) is 31.7 Å². The van der Waals surface area contributed by atoms with Crippen molar-refractivity contribution in [1.29, 1.82) is 0 Å². The minimum atomic E-state index is -0.281. The third-order valence-corrected chi connectivity index (χ3v) is 5.56. The molecule has 2 aromatic carbocycles. The molecular formula is C22H22N6O2. The van der Waals surface area contributed by atoms with Crippen LogP contribution in [0.15, 0.2) is 58.4 Å². The van der Waals surface area contributed by atoms with Gasteiger partial charge in [-0.1, -0.05) is 30.3 Å². The van der Waals surface area contributed by atoms with Crippen LogP contribution in [-0.2, 0) is 4.79 Å². The molecule has 1 N–H and O–H groups in total. The van der Waals surface area contributed by atoms with Crippen LogP contribution in [0.3, 0.4) is 0 Å². The van der Waals surface area contributed by atoms with Gasteiger partial charge >= 0.3 is 0 Å². The van der Waals surface area contributed by atoms with Crippen molar-refractivity contribution in [2.75, 3.05) is 37.7 Å². The molecule has 0 bridgehead atoms. The number of amides is 1. The van der Waals surface area contributed by atoms with Crippen LogP contribution >= 0.6 is 0 Å². The van der Waals surface area contributed by atoms with E-state index in [1.165, 1.54) is 4.68 Å². The molecule has 0 spiro atoms. The Labute approximate surface area is 173 Å². The van der Waals surface area contributed by atoms with E-state index in [4.69, 9.17) is 0 Å². The van der Waals surface area contributed by atoms with E-state index in [1.807, 2.05) is 30.3 Å². The number of piperazine rings is 1. The van der Waals surface area contributed by atoms with E-state index in [0.29, 0.717) is 23.4 Å². The number of fused-ring (bicyclic) bond motifs is 2. The van der Waals surface area contributed by atoms with Gasteiger partial charge in [0.1, 0.15) is 5.82 Å². The lowest BCUT2D eigenvalue weighted by atomic mass is 10.1. The van der Waals surface area contributed by atoms with E-state index in [2.05, 4.69) is 20.3 Å². The summed E-state index contributed by atoms with van der Waals surface area (Å²) in [6.07, 6.45) is 0. The number of benzene rings is 2. The molecule has 0 unspecified atom stereocenters. The van der Waals surface area contributed by atoms with Gasteiger partial charge in [-0.2, -0.15) is 9.78 Å². The van der Waals surface area contributed by atoms with Crippen LogP contribution < -0.4 is 15.8 Å². The summed E-state index contributed by atoms with van der Waals surface area (Å²) in [7, 11) is 0. The minimum absolute atomic E-state index is 0.200. The lowest BCUT2D eigenvalue weighted by molar-refractivity contribution is -0.112. The zero-order valence-electron chi connectivity index (χ0n) is 16.7. The molecule has 2 aliphatic rings. The minimum Gasteiger partial charge on any atom is -0.314 e. The Hall–Kier alpha value is -3.36. The van der Waals surface area contributed by atoms with E-state index in [0.717, 1.165) is 37.4 Å². The third-order valence-electron chi connectivity index (χ3n) is 5.56. The molecule has 8 heteroatoms. The van der Waals surface area contributed by atoms with E-state index < -0.39 is 0 Å². The fraction of sp³-hybridized carbons (Fsp3) is 0.273. The number of nitrogens with zero attached hydrogens (tertiary/aromatic N) is 5. The Balaban J connectivity index is 1.59. The summed E-state index contributed by atoms with van der Waals surface area (Å²) in [5.74, 6) is 0.242. The number of hydrogen-bond acceptors (Lipinski definition) is 6. The molecule has 1 amide bonds. The first kappa shape index (κ1) is 18.7. The standard InChI is InChI=1S/C22H22N6O2/c1-15-24-18-8-4-2-6-16(18)21(29)28(15)25-20-17-7-3-5-9-19(17)27(22(20)30)14-26-12-10-23-11-13-26/h2-9,23H,10-14H2,1H3/b25-20+. The Morgan fingerprint density at radius 2 is 1.77 bits per heavy atom.